The van der Waals surface area contributed by atoms with Gasteiger partial charge in [0, 0.05) is 5.56 Å². The highest BCUT2D eigenvalue weighted by molar-refractivity contribution is 7.07. The second-order valence-corrected chi connectivity index (χ2v) is 10.7. The van der Waals surface area contributed by atoms with Crippen LogP contribution in [-0.2, 0) is 16.1 Å². The molecular weight excluding hydrogens is 564 g/mol. The summed E-state index contributed by atoms with van der Waals surface area (Å²) >= 11 is 1.27. The maximum atomic E-state index is 14.1. The molecular formula is C34H34N2O6S. The smallest absolute Gasteiger partial charge is 0.338 e. The lowest BCUT2D eigenvalue weighted by Gasteiger charge is -2.26. The zero-order chi connectivity index (χ0) is 30.3. The molecule has 8 nitrogen and oxygen atoms in total. The van der Waals surface area contributed by atoms with Crippen molar-refractivity contribution in [2.75, 3.05) is 19.8 Å². The van der Waals surface area contributed by atoms with Gasteiger partial charge in [0.25, 0.3) is 5.56 Å². The number of aromatic nitrogens is 1. The number of para-hydroxylation sites is 1. The van der Waals surface area contributed by atoms with E-state index in [4.69, 9.17) is 18.9 Å². The van der Waals surface area contributed by atoms with Crippen LogP contribution in [0.4, 0.5) is 0 Å². The predicted octanol–water partition coefficient (Wildman–Crippen LogP) is 5.17. The Balaban J connectivity index is 1.59. The molecule has 5 rings (SSSR count). The van der Waals surface area contributed by atoms with Crippen molar-refractivity contribution in [3.63, 3.8) is 0 Å². The molecule has 1 aliphatic rings. The molecule has 0 saturated heterocycles. The minimum absolute atomic E-state index is 0.201. The number of allylic oxidation sites excluding steroid dienone is 1. The number of hydrogen-bond acceptors (Lipinski definition) is 8. The van der Waals surface area contributed by atoms with Gasteiger partial charge in [-0.3, -0.25) is 9.36 Å². The third-order valence-corrected chi connectivity index (χ3v) is 7.82. The number of hydrogen-bond donors (Lipinski definition) is 0. The number of rotatable bonds is 11. The predicted molar refractivity (Wildman–Crippen MR) is 166 cm³/mol. The SMILES string of the molecule is CCOC(=O)C1=C(C)N=c2s/c(=C\c3ccc(OCc4ccccc4)c(OCC)c3)c(=O)n2[C@H]1c1ccccc1OCC. The van der Waals surface area contributed by atoms with Gasteiger partial charge >= 0.3 is 5.97 Å². The monoisotopic (exact) mass is 598 g/mol. The minimum atomic E-state index is -0.757. The van der Waals surface area contributed by atoms with Crippen LogP contribution in [0.1, 0.15) is 50.4 Å². The van der Waals surface area contributed by atoms with Gasteiger partial charge in [0.15, 0.2) is 16.3 Å². The largest absolute Gasteiger partial charge is 0.494 e. The molecule has 1 aliphatic heterocycles. The van der Waals surface area contributed by atoms with Crippen LogP contribution in [0.5, 0.6) is 17.2 Å². The van der Waals surface area contributed by atoms with E-state index in [-0.39, 0.29) is 12.2 Å². The minimum Gasteiger partial charge on any atom is -0.494 e. The Morgan fingerprint density at radius 3 is 2.35 bits per heavy atom. The summed E-state index contributed by atoms with van der Waals surface area (Å²) < 4.78 is 25.3. The Morgan fingerprint density at radius 2 is 1.60 bits per heavy atom. The second-order valence-electron chi connectivity index (χ2n) is 9.69. The van der Waals surface area contributed by atoms with E-state index in [9.17, 15) is 9.59 Å². The highest BCUT2D eigenvalue weighted by Gasteiger charge is 2.35. The van der Waals surface area contributed by atoms with Crippen LogP contribution < -0.4 is 29.1 Å². The highest BCUT2D eigenvalue weighted by atomic mass is 32.1. The summed E-state index contributed by atoms with van der Waals surface area (Å²) in [7, 11) is 0. The molecule has 0 unspecified atom stereocenters. The summed E-state index contributed by atoms with van der Waals surface area (Å²) in [6.45, 7) is 8.82. The van der Waals surface area contributed by atoms with Gasteiger partial charge in [-0.1, -0.05) is 65.9 Å². The summed E-state index contributed by atoms with van der Waals surface area (Å²) in [5.74, 6) is 1.28. The summed E-state index contributed by atoms with van der Waals surface area (Å²) in [4.78, 5) is 32.4. The molecule has 3 aromatic carbocycles. The van der Waals surface area contributed by atoms with Crippen molar-refractivity contribution in [3.8, 4) is 17.2 Å². The Hall–Kier alpha value is -4.63. The van der Waals surface area contributed by atoms with Crippen molar-refractivity contribution in [3.05, 3.63) is 120 Å². The van der Waals surface area contributed by atoms with E-state index in [1.807, 2.05) is 92.7 Å². The number of benzene rings is 3. The van der Waals surface area contributed by atoms with Crippen molar-refractivity contribution < 1.29 is 23.7 Å². The van der Waals surface area contributed by atoms with Crippen molar-refractivity contribution in [1.82, 2.24) is 4.57 Å². The van der Waals surface area contributed by atoms with E-state index in [0.717, 1.165) is 11.1 Å². The van der Waals surface area contributed by atoms with E-state index < -0.39 is 12.0 Å². The molecule has 0 bridgehead atoms. The zero-order valence-electron chi connectivity index (χ0n) is 24.7. The normalized spacial score (nSPS) is 14.6. The first-order chi connectivity index (χ1) is 20.9. The van der Waals surface area contributed by atoms with E-state index in [0.29, 0.717) is 63.2 Å². The molecule has 2 heterocycles. The Morgan fingerprint density at radius 1 is 0.884 bits per heavy atom. The molecule has 0 fully saturated rings. The first-order valence-corrected chi connectivity index (χ1v) is 15.1. The first-order valence-electron chi connectivity index (χ1n) is 14.3. The summed E-state index contributed by atoms with van der Waals surface area (Å²) in [6, 6.07) is 22.2. The average Bonchev–Trinajstić information content (AvgIpc) is 3.31. The fraction of sp³-hybridized carbons (Fsp3) is 0.265. The second kappa shape index (κ2) is 13.6. The number of carbonyl (C=O) groups is 1. The van der Waals surface area contributed by atoms with E-state index in [1.165, 1.54) is 11.3 Å². The molecule has 222 valence electrons. The van der Waals surface area contributed by atoms with Crippen molar-refractivity contribution in [1.29, 1.82) is 0 Å². The first kappa shape index (κ1) is 29.8. The van der Waals surface area contributed by atoms with Crippen molar-refractivity contribution in [2.45, 2.75) is 40.3 Å². The third-order valence-electron chi connectivity index (χ3n) is 6.83. The maximum absolute atomic E-state index is 14.1. The Labute approximate surface area is 254 Å². The molecule has 0 saturated carbocycles. The fourth-order valence-corrected chi connectivity index (χ4v) is 6.01. The van der Waals surface area contributed by atoms with Gasteiger partial charge in [-0.05, 0) is 63.1 Å². The van der Waals surface area contributed by atoms with Crippen molar-refractivity contribution in [2.24, 2.45) is 4.99 Å². The fourth-order valence-electron chi connectivity index (χ4n) is 4.97. The van der Waals surface area contributed by atoms with E-state index >= 15 is 0 Å². The van der Waals surface area contributed by atoms with Crippen LogP contribution >= 0.6 is 11.3 Å². The van der Waals surface area contributed by atoms with Gasteiger partial charge in [-0.2, -0.15) is 0 Å². The molecule has 1 atom stereocenters. The van der Waals surface area contributed by atoms with Crippen LogP contribution in [0, 0.1) is 0 Å². The van der Waals surface area contributed by atoms with Crippen LogP contribution in [-0.4, -0.2) is 30.4 Å². The molecule has 4 aromatic rings. The molecule has 1 aromatic heterocycles. The third kappa shape index (κ3) is 6.41. The van der Waals surface area contributed by atoms with Crippen molar-refractivity contribution >= 4 is 23.4 Å². The molecule has 0 spiro atoms. The van der Waals surface area contributed by atoms with Crippen LogP contribution in [0.2, 0.25) is 0 Å². The summed E-state index contributed by atoms with van der Waals surface area (Å²) in [6.07, 6.45) is 1.81. The zero-order valence-corrected chi connectivity index (χ0v) is 25.5. The number of ether oxygens (including phenoxy) is 4. The van der Waals surface area contributed by atoms with E-state index in [2.05, 4.69) is 4.99 Å². The van der Waals surface area contributed by atoms with Gasteiger partial charge < -0.3 is 18.9 Å². The van der Waals surface area contributed by atoms with Gasteiger partial charge in [-0.15, -0.1) is 0 Å². The lowest BCUT2D eigenvalue weighted by Crippen LogP contribution is -2.40. The number of fused-ring (bicyclic) bond motifs is 1. The van der Waals surface area contributed by atoms with Gasteiger partial charge in [0.2, 0.25) is 0 Å². The van der Waals surface area contributed by atoms with Gasteiger partial charge in [0.1, 0.15) is 18.4 Å². The summed E-state index contributed by atoms with van der Waals surface area (Å²) in [5.41, 5.74) is 3.05. The average molecular weight is 599 g/mol. The Bertz CT molecular complexity index is 1820. The summed E-state index contributed by atoms with van der Waals surface area (Å²) in [5, 5.41) is 0. The quantitative estimate of drug-likeness (QED) is 0.221. The van der Waals surface area contributed by atoms with Gasteiger partial charge in [-0.25, -0.2) is 9.79 Å². The Kier molecular flexibility index (Phi) is 9.41. The van der Waals surface area contributed by atoms with Crippen LogP contribution in [0.3, 0.4) is 0 Å². The van der Waals surface area contributed by atoms with Gasteiger partial charge in [0.05, 0.1) is 35.6 Å². The van der Waals surface area contributed by atoms with Crippen LogP contribution in [0.25, 0.3) is 6.08 Å². The maximum Gasteiger partial charge on any atom is 0.338 e. The molecule has 9 heteroatoms. The molecule has 0 amide bonds. The van der Waals surface area contributed by atoms with E-state index in [1.54, 1.807) is 18.4 Å². The highest BCUT2D eigenvalue weighted by Crippen LogP contribution is 2.36. The molecule has 0 N–H and O–H groups in total. The molecule has 43 heavy (non-hydrogen) atoms. The standard InChI is InChI=1S/C34H34N2O6S/c1-5-39-26-16-12-11-15-25(26)31-30(33(38)41-7-3)22(4)35-34-36(31)32(37)29(43-34)20-24-17-18-27(28(19-24)40-6-2)42-21-23-13-9-8-10-14-23/h8-20,31H,5-7,21H2,1-4H3/b29-20-/t31-/m0/s1. The molecule has 0 radical (unpaired) electrons. The number of esters is 1. The molecule has 0 aliphatic carbocycles. The lowest BCUT2D eigenvalue weighted by molar-refractivity contribution is -0.139. The lowest BCUT2D eigenvalue weighted by atomic mass is 9.95. The number of nitrogens with zero attached hydrogens (tertiary/aromatic N) is 2. The number of thiazole rings is 1. The topological polar surface area (TPSA) is 88.4 Å². The number of carbonyl (C=O) groups excluding carboxylic acids is 1. The van der Waals surface area contributed by atoms with Crippen LogP contribution in [0.15, 0.2) is 93.9 Å².